The van der Waals surface area contributed by atoms with E-state index in [2.05, 4.69) is 4.72 Å². The van der Waals surface area contributed by atoms with Crippen molar-refractivity contribution in [1.29, 1.82) is 0 Å². The number of halogens is 2. The van der Waals surface area contributed by atoms with Gasteiger partial charge >= 0.3 is 6.03 Å². The van der Waals surface area contributed by atoms with E-state index < -0.39 is 15.3 Å². The molecule has 160 valence electrons. The van der Waals surface area contributed by atoms with Crippen molar-refractivity contribution in [3.05, 3.63) is 0 Å². The number of amides is 2. The number of likely N-dealkylation sites (N-methyl/N-ethyl adjacent to an activating group) is 1. The van der Waals surface area contributed by atoms with Gasteiger partial charge in [0.25, 0.3) is 0 Å². The Kier molecular flexibility index (Phi) is 5.60. The lowest BCUT2D eigenvalue weighted by Crippen LogP contribution is -2.50. The fourth-order valence-corrected chi connectivity index (χ4v) is 8.04. The number of nitrogens with zero attached hydrogens (tertiary/aromatic N) is 2. The minimum Gasteiger partial charge on any atom is -0.323 e. The van der Waals surface area contributed by atoms with E-state index in [-0.39, 0.29) is 40.3 Å². The number of nitrogens with one attached hydrogen (secondary N) is 1. The minimum absolute atomic E-state index is 0.00592. The van der Waals surface area contributed by atoms with Crippen LogP contribution in [0.1, 0.15) is 58.3 Å². The van der Waals surface area contributed by atoms with Gasteiger partial charge in [0.05, 0.1) is 17.3 Å². The van der Waals surface area contributed by atoms with Crippen molar-refractivity contribution >= 4 is 39.3 Å². The Labute approximate surface area is 178 Å². The molecule has 0 bridgehead atoms. The fraction of sp³-hybridized carbons (Fsp3) is 0.947. The number of urea groups is 1. The second-order valence-corrected chi connectivity index (χ2v) is 12.5. The van der Waals surface area contributed by atoms with Crippen molar-refractivity contribution in [3.63, 3.8) is 0 Å². The molecule has 3 aliphatic carbocycles. The number of hydrogen-bond acceptors (Lipinski definition) is 3. The average Bonchev–Trinajstić information content (AvgIpc) is 3.30. The number of rotatable bonds is 5. The molecule has 1 N–H and O–H groups in total. The molecule has 4 aliphatic rings. The number of hydrogen-bond donors (Lipinski definition) is 1. The Bertz CT molecular complexity index is 720. The number of fused-ring (bicyclic) bond motifs is 1. The normalized spacial score (nSPS) is 40.5. The molecular weight excluding hydrogens is 421 g/mol. The lowest BCUT2D eigenvalue weighted by atomic mass is 9.86. The summed E-state index contributed by atoms with van der Waals surface area (Å²) in [6.07, 6.45) is 6.49. The first-order chi connectivity index (χ1) is 13.1. The van der Waals surface area contributed by atoms with Crippen molar-refractivity contribution in [2.75, 3.05) is 13.6 Å². The molecule has 5 unspecified atom stereocenters. The molecule has 3 saturated carbocycles. The molecule has 0 aromatic carbocycles. The Morgan fingerprint density at radius 3 is 2.36 bits per heavy atom. The van der Waals surface area contributed by atoms with E-state index in [0.29, 0.717) is 25.8 Å². The highest BCUT2D eigenvalue weighted by Gasteiger charge is 2.51. The Morgan fingerprint density at radius 1 is 1.11 bits per heavy atom. The molecule has 0 radical (unpaired) electrons. The average molecular weight is 452 g/mol. The van der Waals surface area contributed by atoms with Crippen LogP contribution in [0.3, 0.4) is 0 Å². The first-order valence-electron chi connectivity index (χ1n) is 10.5. The molecule has 1 aliphatic heterocycles. The van der Waals surface area contributed by atoms with Crippen LogP contribution in [-0.4, -0.2) is 71.5 Å². The fourth-order valence-electron chi connectivity index (χ4n) is 5.19. The number of alkyl halides is 2. The summed E-state index contributed by atoms with van der Waals surface area (Å²) in [6.45, 7) is 2.53. The van der Waals surface area contributed by atoms with E-state index in [1.165, 1.54) is 0 Å². The molecule has 4 rings (SSSR count). The maximum Gasteiger partial charge on any atom is 0.320 e. The second-order valence-electron chi connectivity index (χ2n) is 9.45. The first kappa shape index (κ1) is 21.0. The molecule has 1 heterocycles. The van der Waals surface area contributed by atoms with Gasteiger partial charge in [-0.05, 0) is 51.9 Å². The van der Waals surface area contributed by atoms with Crippen molar-refractivity contribution < 1.29 is 13.2 Å². The van der Waals surface area contributed by atoms with Crippen molar-refractivity contribution in [2.24, 2.45) is 5.92 Å². The predicted molar refractivity (Wildman–Crippen MR) is 111 cm³/mol. The van der Waals surface area contributed by atoms with Crippen LogP contribution in [0, 0.1) is 5.92 Å². The summed E-state index contributed by atoms with van der Waals surface area (Å²) in [7, 11) is -1.58. The third-order valence-corrected chi connectivity index (χ3v) is 10.5. The van der Waals surface area contributed by atoms with E-state index in [9.17, 15) is 13.2 Å². The third kappa shape index (κ3) is 3.88. The lowest BCUT2D eigenvalue weighted by molar-refractivity contribution is 0.166. The SMILES string of the molecule is CN1C(=O)N(CC2C(Cl)CCCC2Cl)C2CCC(S(=O)(=O)NC3(C)CC3)CC21. The molecule has 6 nitrogen and oxygen atoms in total. The van der Waals surface area contributed by atoms with Gasteiger partial charge in [0.2, 0.25) is 10.0 Å². The van der Waals surface area contributed by atoms with Crippen molar-refractivity contribution in [1.82, 2.24) is 14.5 Å². The van der Waals surface area contributed by atoms with Gasteiger partial charge in [0.15, 0.2) is 0 Å². The standard InChI is InChI=1S/C19H31Cl2N3O3S/c1-19(8-9-19)22-28(26,27)12-6-7-16-17(10-12)23(2)18(25)24(16)11-13-14(20)4-3-5-15(13)21/h12-17,22H,3-11H2,1-2H3. The predicted octanol–water partition coefficient (Wildman–Crippen LogP) is 3.13. The van der Waals surface area contributed by atoms with Gasteiger partial charge in [-0.2, -0.15) is 0 Å². The van der Waals surface area contributed by atoms with Gasteiger partial charge < -0.3 is 9.80 Å². The van der Waals surface area contributed by atoms with Gasteiger partial charge in [-0.25, -0.2) is 17.9 Å². The number of carbonyl (C=O) groups excluding carboxylic acids is 1. The molecule has 0 spiro atoms. The molecule has 28 heavy (non-hydrogen) atoms. The summed E-state index contributed by atoms with van der Waals surface area (Å²) in [6, 6.07) is -0.0374. The highest BCUT2D eigenvalue weighted by atomic mass is 35.5. The van der Waals surface area contributed by atoms with E-state index in [1.54, 1.807) is 11.9 Å². The van der Waals surface area contributed by atoms with Crippen molar-refractivity contribution in [3.8, 4) is 0 Å². The Balaban J connectivity index is 1.46. The molecule has 1 saturated heterocycles. The molecule has 9 heteroatoms. The summed E-state index contributed by atoms with van der Waals surface area (Å²) >= 11 is 13.1. The Hall–Kier alpha value is -0.240. The maximum absolute atomic E-state index is 13.0. The lowest BCUT2D eigenvalue weighted by Gasteiger charge is -2.39. The van der Waals surface area contributed by atoms with Gasteiger partial charge in [-0.1, -0.05) is 6.42 Å². The third-order valence-electron chi connectivity index (χ3n) is 7.30. The monoisotopic (exact) mass is 451 g/mol. The van der Waals surface area contributed by atoms with E-state index in [4.69, 9.17) is 23.2 Å². The van der Waals surface area contributed by atoms with E-state index in [0.717, 1.165) is 32.1 Å². The van der Waals surface area contributed by atoms with Crippen molar-refractivity contribution in [2.45, 2.75) is 91.9 Å². The number of carbonyl (C=O) groups is 1. The molecule has 2 amide bonds. The van der Waals surface area contributed by atoms with Crippen LogP contribution < -0.4 is 4.72 Å². The molecule has 0 aromatic rings. The van der Waals surface area contributed by atoms with Crippen LogP contribution in [0.5, 0.6) is 0 Å². The zero-order valence-electron chi connectivity index (χ0n) is 16.6. The van der Waals surface area contributed by atoms with Crippen LogP contribution in [-0.2, 0) is 10.0 Å². The summed E-state index contributed by atoms with van der Waals surface area (Å²) in [4.78, 5) is 16.6. The van der Waals surface area contributed by atoms with Gasteiger partial charge in [-0.15, -0.1) is 23.2 Å². The summed E-state index contributed by atoms with van der Waals surface area (Å²) in [5, 5.41) is -0.445. The quantitative estimate of drug-likeness (QED) is 0.652. The Morgan fingerprint density at radius 2 is 1.75 bits per heavy atom. The summed E-state index contributed by atoms with van der Waals surface area (Å²) in [5.74, 6) is 0.0890. The summed E-state index contributed by atoms with van der Waals surface area (Å²) in [5.41, 5.74) is -0.259. The second kappa shape index (κ2) is 7.47. The minimum atomic E-state index is -3.37. The van der Waals surface area contributed by atoms with E-state index in [1.807, 2.05) is 11.8 Å². The zero-order chi connectivity index (χ0) is 20.3. The van der Waals surface area contributed by atoms with Crippen LogP contribution in [0.2, 0.25) is 0 Å². The van der Waals surface area contributed by atoms with Crippen LogP contribution in [0.15, 0.2) is 0 Å². The zero-order valence-corrected chi connectivity index (χ0v) is 18.9. The maximum atomic E-state index is 13.0. The van der Waals surface area contributed by atoms with Gasteiger partial charge in [0.1, 0.15) is 0 Å². The number of sulfonamides is 1. The van der Waals surface area contributed by atoms with E-state index >= 15 is 0 Å². The molecular formula is C19H31Cl2N3O3S. The smallest absolute Gasteiger partial charge is 0.320 e. The molecule has 4 fully saturated rings. The van der Waals surface area contributed by atoms with Gasteiger partial charge in [-0.3, -0.25) is 0 Å². The summed E-state index contributed by atoms with van der Waals surface area (Å²) < 4.78 is 28.6. The molecule has 0 aromatic heterocycles. The van der Waals surface area contributed by atoms with Crippen LogP contribution in [0.4, 0.5) is 4.79 Å². The largest absolute Gasteiger partial charge is 0.323 e. The highest BCUT2D eigenvalue weighted by Crippen LogP contribution is 2.41. The highest BCUT2D eigenvalue weighted by molar-refractivity contribution is 7.90. The molecule has 5 atom stereocenters. The first-order valence-corrected chi connectivity index (χ1v) is 12.9. The topological polar surface area (TPSA) is 69.7 Å². The van der Waals surface area contributed by atoms with Crippen LogP contribution >= 0.6 is 23.2 Å². The van der Waals surface area contributed by atoms with Crippen LogP contribution in [0.25, 0.3) is 0 Å². The van der Waals surface area contributed by atoms with Gasteiger partial charge in [0, 0.05) is 35.8 Å².